The zero-order chi connectivity index (χ0) is 17.9. The van der Waals surface area contributed by atoms with Gasteiger partial charge in [0, 0.05) is 5.56 Å². The van der Waals surface area contributed by atoms with Gasteiger partial charge in [0.2, 0.25) is 0 Å². The van der Waals surface area contributed by atoms with Gasteiger partial charge in [-0.05, 0) is 41.7 Å². The van der Waals surface area contributed by atoms with Crippen LogP contribution in [0, 0.1) is 0 Å². The van der Waals surface area contributed by atoms with Gasteiger partial charge in [-0.15, -0.1) is 0 Å². The Kier molecular flexibility index (Phi) is 5.03. The maximum absolute atomic E-state index is 12.7. The van der Waals surface area contributed by atoms with E-state index in [4.69, 9.17) is 0 Å². The summed E-state index contributed by atoms with van der Waals surface area (Å²) in [6.45, 7) is 7.66. The number of carbonyl (C=O) groups excluding carboxylic acids is 2. The lowest BCUT2D eigenvalue weighted by molar-refractivity contribution is -0.112. The fraction of sp³-hybridized carbons (Fsp3) is 0.238. The number of benzene rings is 2. The molecule has 0 aliphatic heterocycles. The first-order chi connectivity index (χ1) is 11.2. The van der Waals surface area contributed by atoms with Crippen molar-refractivity contribution in [1.82, 2.24) is 0 Å². The Bertz CT molecular complexity index is 791. The largest absolute Gasteiger partial charge is 0.507 e. The van der Waals surface area contributed by atoms with E-state index < -0.39 is 0 Å². The molecule has 0 aromatic heterocycles. The lowest BCUT2D eigenvalue weighted by Crippen LogP contribution is -2.12. The van der Waals surface area contributed by atoms with Gasteiger partial charge in [0.1, 0.15) is 5.75 Å². The summed E-state index contributed by atoms with van der Waals surface area (Å²) >= 11 is 0. The van der Waals surface area contributed by atoms with Crippen molar-refractivity contribution in [2.24, 2.45) is 0 Å². The van der Waals surface area contributed by atoms with Crippen LogP contribution in [0.1, 0.15) is 54.7 Å². The number of ketones is 2. The van der Waals surface area contributed by atoms with Crippen LogP contribution < -0.4 is 0 Å². The Morgan fingerprint density at radius 1 is 1.00 bits per heavy atom. The van der Waals surface area contributed by atoms with Crippen molar-refractivity contribution >= 4 is 17.6 Å². The van der Waals surface area contributed by atoms with Gasteiger partial charge < -0.3 is 5.11 Å². The first kappa shape index (κ1) is 17.7. The molecular weight excluding hydrogens is 300 g/mol. The Labute approximate surface area is 142 Å². The number of carbonyl (C=O) groups is 2. The molecule has 0 aliphatic carbocycles. The van der Waals surface area contributed by atoms with Gasteiger partial charge in [-0.1, -0.05) is 57.2 Å². The minimum Gasteiger partial charge on any atom is -0.507 e. The van der Waals surface area contributed by atoms with Crippen molar-refractivity contribution < 1.29 is 14.7 Å². The molecule has 24 heavy (non-hydrogen) atoms. The van der Waals surface area contributed by atoms with Gasteiger partial charge in [0.15, 0.2) is 11.6 Å². The summed E-state index contributed by atoms with van der Waals surface area (Å²) < 4.78 is 0. The monoisotopic (exact) mass is 322 g/mol. The van der Waals surface area contributed by atoms with Gasteiger partial charge in [0.05, 0.1) is 5.56 Å². The first-order valence-corrected chi connectivity index (χ1v) is 7.85. The van der Waals surface area contributed by atoms with E-state index in [1.54, 1.807) is 42.5 Å². The third-order valence-corrected chi connectivity index (χ3v) is 3.79. The highest BCUT2D eigenvalue weighted by Crippen LogP contribution is 2.29. The van der Waals surface area contributed by atoms with E-state index in [1.165, 1.54) is 13.0 Å². The Balaban J connectivity index is 2.33. The topological polar surface area (TPSA) is 54.4 Å². The average molecular weight is 322 g/mol. The fourth-order valence-corrected chi connectivity index (χ4v) is 2.30. The van der Waals surface area contributed by atoms with Crippen LogP contribution in [0.5, 0.6) is 5.75 Å². The second kappa shape index (κ2) is 6.83. The molecule has 0 atom stereocenters. The zero-order valence-corrected chi connectivity index (χ0v) is 14.5. The van der Waals surface area contributed by atoms with Gasteiger partial charge in [0.25, 0.3) is 0 Å². The minimum absolute atomic E-state index is 0.0199. The fourth-order valence-electron chi connectivity index (χ4n) is 2.30. The summed E-state index contributed by atoms with van der Waals surface area (Å²) in [5.41, 5.74) is 2.52. The summed E-state index contributed by atoms with van der Waals surface area (Å²) in [5.74, 6) is -0.270. The lowest BCUT2D eigenvalue weighted by atomic mass is 9.85. The van der Waals surface area contributed by atoms with E-state index in [9.17, 15) is 14.7 Å². The van der Waals surface area contributed by atoms with E-state index in [-0.39, 0.29) is 22.7 Å². The number of phenols is 1. The summed E-state index contributed by atoms with van der Waals surface area (Å²) in [6.07, 6.45) is 3.18. The van der Waals surface area contributed by atoms with Crippen LogP contribution in [-0.2, 0) is 10.2 Å². The molecule has 0 spiro atoms. The minimum atomic E-state index is -0.222. The van der Waals surface area contributed by atoms with Gasteiger partial charge in [-0.2, -0.15) is 0 Å². The molecule has 2 aromatic rings. The highest BCUT2D eigenvalue weighted by Gasteiger charge is 2.19. The molecule has 0 aliphatic rings. The molecule has 0 amide bonds. The Hall–Kier alpha value is -2.68. The molecule has 0 heterocycles. The molecule has 2 rings (SSSR count). The summed E-state index contributed by atoms with van der Waals surface area (Å²) in [7, 11) is 0. The third kappa shape index (κ3) is 4.19. The average Bonchev–Trinajstić information content (AvgIpc) is 2.52. The van der Waals surface area contributed by atoms with E-state index in [2.05, 4.69) is 20.8 Å². The van der Waals surface area contributed by atoms with Crippen molar-refractivity contribution in [3.63, 3.8) is 0 Å². The molecular formula is C21H22O3. The summed E-state index contributed by atoms with van der Waals surface area (Å²) in [5, 5.41) is 10.1. The number of hydrogen-bond acceptors (Lipinski definition) is 3. The highest BCUT2D eigenvalue weighted by molar-refractivity contribution is 6.10. The van der Waals surface area contributed by atoms with E-state index in [0.717, 1.165) is 11.1 Å². The molecule has 3 heteroatoms. The molecule has 3 nitrogen and oxygen atoms in total. The van der Waals surface area contributed by atoms with Gasteiger partial charge >= 0.3 is 0 Å². The number of allylic oxidation sites excluding steroid dienone is 1. The number of hydrogen-bond donors (Lipinski definition) is 1. The van der Waals surface area contributed by atoms with Crippen molar-refractivity contribution in [1.29, 1.82) is 0 Å². The summed E-state index contributed by atoms with van der Waals surface area (Å²) in [6, 6.07) is 12.1. The van der Waals surface area contributed by atoms with Gasteiger partial charge in [-0.25, -0.2) is 0 Å². The van der Waals surface area contributed by atoms with Crippen LogP contribution in [0.2, 0.25) is 0 Å². The molecule has 2 aromatic carbocycles. The Morgan fingerprint density at radius 3 is 2.17 bits per heavy atom. The molecule has 0 bridgehead atoms. The standard InChI is InChI=1S/C21H22O3/c1-14(22)5-6-15-7-9-16(10-8-15)20(24)18-13-17(21(2,3)4)11-12-19(18)23/h5-13,23H,1-4H3/b6-5+. The summed E-state index contributed by atoms with van der Waals surface area (Å²) in [4.78, 5) is 23.7. The van der Waals surface area contributed by atoms with Crippen molar-refractivity contribution in [3.05, 3.63) is 70.8 Å². The first-order valence-electron chi connectivity index (χ1n) is 7.85. The van der Waals surface area contributed by atoms with Crippen LogP contribution in [-0.4, -0.2) is 16.7 Å². The quantitative estimate of drug-likeness (QED) is 0.665. The zero-order valence-electron chi connectivity index (χ0n) is 14.5. The normalized spacial score (nSPS) is 11.7. The molecule has 0 saturated heterocycles. The van der Waals surface area contributed by atoms with Crippen LogP contribution >= 0.6 is 0 Å². The maximum atomic E-state index is 12.7. The highest BCUT2D eigenvalue weighted by atomic mass is 16.3. The van der Waals surface area contributed by atoms with Crippen LogP contribution in [0.15, 0.2) is 48.5 Å². The number of phenolic OH excluding ortho intramolecular Hbond substituents is 1. The Morgan fingerprint density at radius 2 is 1.62 bits per heavy atom. The second-order valence-electron chi connectivity index (χ2n) is 6.88. The van der Waals surface area contributed by atoms with Crippen molar-refractivity contribution in [2.45, 2.75) is 33.1 Å². The maximum Gasteiger partial charge on any atom is 0.196 e. The van der Waals surface area contributed by atoms with E-state index >= 15 is 0 Å². The van der Waals surface area contributed by atoms with E-state index in [0.29, 0.717) is 11.1 Å². The molecule has 1 N–H and O–H groups in total. The number of rotatable bonds is 4. The van der Waals surface area contributed by atoms with E-state index in [1.807, 2.05) is 6.07 Å². The van der Waals surface area contributed by atoms with Crippen molar-refractivity contribution in [3.8, 4) is 5.75 Å². The molecule has 0 unspecified atom stereocenters. The SMILES string of the molecule is CC(=O)/C=C/c1ccc(C(=O)c2cc(C(C)(C)C)ccc2O)cc1. The van der Waals surface area contributed by atoms with Crippen LogP contribution in [0.3, 0.4) is 0 Å². The van der Waals surface area contributed by atoms with Crippen LogP contribution in [0.4, 0.5) is 0 Å². The molecule has 124 valence electrons. The second-order valence-corrected chi connectivity index (χ2v) is 6.88. The molecule has 0 radical (unpaired) electrons. The molecule has 0 saturated carbocycles. The predicted octanol–water partition coefficient (Wildman–Crippen LogP) is 4.52. The predicted molar refractivity (Wildman–Crippen MR) is 96.4 cm³/mol. The molecule has 0 fully saturated rings. The third-order valence-electron chi connectivity index (χ3n) is 3.79. The van der Waals surface area contributed by atoms with Gasteiger partial charge in [-0.3, -0.25) is 9.59 Å². The van der Waals surface area contributed by atoms with Crippen LogP contribution in [0.25, 0.3) is 6.08 Å². The van der Waals surface area contributed by atoms with Crippen molar-refractivity contribution in [2.75, 3.05) is 0 Å². The lowest BCUT2D eigenvalue weighted by Gasteiger charge is -2.20. The smallest absolute Gasteiger partial charge is 0.196 e. The number of aromatic hydroxyl groups is 1.